The van der Waals surface area contributed by atoms with Crippen LogP contribution in [0.5, 0.6) is 0 Å². The number of anilines is 1. The van der Waals surface area contributed by atoms with Gasteiger partial charge in [-0.1, -0.05) is 6.42 Å². The maximum atomic E-state index is 5.11. The molecule has 1 saturated carbocycles. The summed E-state index contributed by atoms with van der Waals surface area (Å²) in [5, 5.41) is 7.82. The van der Waals surface area contributed by atoms with E-state index in [-0.39, 0.29) is 0 Å². The van der Waals surface area contributed by atoms with Gasteiger partial charge in [-0.05, 0) is 31.2 Å². The fourth-order valence-electron chi connectivity index (χ4n) is 2.85. The number of ether oxygens (including phenoxy) is 1. The van der Waals surface area contributed by atoms with E-state index in [0.29, 0.717) is 18.3 Å². The second-order valence-electron chi connectivity index (χ2n) is 5.90. The van der Waals surface area contributed by atoms with Crippen molar-refractivity contribution in [2.24, 2.45) is 7.05 Å². The fourth-order valence-corrected chi connectivity index (χ4v) is 2.85. The lowest BCUT2D eigenvalue weighted by molar-refractivity contribution is 0.177. The maximum Gasteiger partial charge on any atom is 0.156 e. The number of methoxy groups -OCH3 is 1. The Hall–Kier alpha value is -1.95. The number of aryl methyl sites for hydroxylation is 2. The van der Waals surface area contributed by atoms with Crippen molar-refractivity contribution in [1.29, 1.82) is 0 Å². The Balaban J connectivity index is 1.73. The minimum absolute atomic E-state index is 0.426. The van der Waals surface area contributed by atoms with E-state index in [0.717, 1.165) is 18.1 Å². The van der Waals surface area contributed by atoms with Gasteiger partial charge in [0.15, 0.2) is 5.82 Å². The smallest absolute Gasteiger partial charge is 0.156 e. The molecule has 2 aromatic heterocycles. The van der Waals surface area contributed by atoms with Crippen molar-refractivity contribution < 1.29 is 4.74 Å². The van der Waals surface area contributed by atoms with Crippen LogP contribution in [0.15, 0.2) is 12.3 Å². The molecule has 0 aliphatic heterocycles. The van der Waals surface area contributed by atoms with Crippen molar-refractivity contribution >= 4 is 5.82 Å². The van der Waals surface area contributed by atoms with Gasteiger partial charge in [-0.3, -0.25) is 4.68 Å². The molecule has 0 atom stereocenters. The standard InChI is InChI=1S/C16H23N5O/c1-11-7-15(20-16(19-11)10-22-3)17-9-14-13(8-18-21(14)2)12-5-4-6-12/h7-8,12H,4-6,9-10H2,1-3H3,(H,17,19,20). The molecule has 0 saturated heterocycles. The van der Waals surface area contributed by atoms with Crippen LogP contribution < -0.4 is 5.32 Å². The highest BCUT2D eigenvalue weighted by atomic mass is 16.5. The van der Waals surface area contributed by atoms with Crippen LogP contribution in [-0.2, 0) is 24.9 Å². The quantitative estimate of drug-likeness (QED) is 0.888. The molecular formula is C16H23N5O. The molecule has 0 amide bonds. The van der Waals surface area contributed by atoms with Gasteiger partial charge in [-0.15, -0.1) is 0 Å². The van der Waals surface area contributed by atoms with Crippen molar-refractivity contribution in [2.45, 2.75) is 45.3 Å². The zero-order valence-corrected chi connectivity index (χ0v) is 13.5. The molecular weight excluding hydrogens is 278 g/mol. The summed E-state index contributed by atoms with van der Waals surface area (Å²) in [5.74, 6) is 2.22. The van der Waals surface area contributed by atoms with Crippen LogP contribution in [-0.4, -0.2) is 26.9 Å². The largest absolute Gasteiger partial charge is 0.377 e. The lowest BCUT2D eigenvalue weighted by Gasteiger charge is -2.25. The van der Waals surface area contributed by atoms with Gasteiger partial charge in [0.05, 0.1) is 18.4 Å². The molecule has 6 nitrogen and oxygen atoms in total. The van der Waals surface area contributed by atoms with Gasteiger partial charge >= 0.3 is 0 Å². The van der Waals surface area contributed by atoms with E-state index in [2.05, 4.69) is 20.4 Å². The van der Waals surface area contributed by atoms with Crippen molar-refractivity contribution in [2.75, 3.05) is 12.4 Å². The normalized spacial score (nSPS) is 14.9. The summed E-state index contributed by atoms with van der Waals surface area (Å²) in [6, 6.07) is 1.96. The Morgan fingerprint density at radius 2 is 2.18 bits per heavy atom. The predicted octanol–water partition coefficient (Wildman–Crippen LogP) is 2.54. The van der Waals surface area contributed by atoms with E-state index in [9.17, 15) is 0 Å². The van der Waals surface area contributed by atoms with E-state index in [4.69, 9.17) is 4.74 Å². The second kappa shape index (κ2) is 6.44. The minimum Gasteiger partial charge on any atom is -0.377 e. The van der Waals surface area contributed by atoms with E-state index < -0.39 is 0 Å². The molecule has 0 unspecified atom stereocenters. The van der Waals surface area contributed by atoms with Gasteiger partial charge in [0, 0.05) is 25.9 Å². The average molecular weight is 301 g/mol. The fraction of sp³-hybridized carbons (Fsp3) is 0.562. The predicted molar refractivity (Wildman–Crippen MR) is 84.6 cm³/mol. The number of rotatable bonds is 6. The van der Waals surface area contributed by atoms with E-state index >= 15 is 0 Å². The van der Waals surface area contributed by atoms with Gasteiger partial charge < -0.3 is 10.1 Å². The first-order valence-corrected chi connectivity index (χ1v) is 7.75. The van der Waals surface area contributed by atoms with Crippen LogP contribution >= 0.6 is 0 Å². The Morgan fingerprint density at radius 1 is 1.36 bits per heavy atom. The molecule has 118 valence electrons. The third-order valence-electron chi connectivity index (χ3n) is 4.25. The van der Waals surface area contributed by atoms with Gasteiger partial charge in [0.1, 0.15) is 12.4 Å². The summed E-state index contributed by atoms with van der Waals surface area (Å²) in [5.41, 5.74) is 3.56. The molecule has 0 aromatic carbocycles. The summed E-state index contributed by atoms with van der Waals surface area (Å²) < 4.78 is 7.08. The van der Waals surface area contributed by atoms with Gasteiger partial charge in [0.25, 0.3) is 0 Å². The van der Waals surface area contributed by atoms with Crippen molar-refractivity contribution in [3.05, 3.63) is 35.0 Å². The number of nitrogens with zero attached hydrogens (tertiary/aromatic N) is 4. The lowest BCUT2D eigenvalue weighted by atomic mass is 9.80. The van der Waals surface area contributed by atoms with Crippen LogP contribution in [0.25, 0.3) is 0 Å². The number of hydrogen-bond acceptors (Lipinski definition) is 5. The van der Waals surface area contributed by atoms with Gasteiger partial charge in [0.2, 0.25) is 0 Å². The molecule has 0 spiro atoms. The Kier molecular flexibility index (Phi) is 4.38. The van der Waals surface area contributed by atoms with Crippen molar-refractivity contribution in [1.82, 2.24) is 19.7 Å². The molecule has 2 heterocycles. The molecule has 1 fully saturated rings. The molecule has 1 aliphatic carbocycles. The summed E-state index contributed by atoms with van der Waals surface area (Å²) in [6.45, 7) is 3.12. The summed E-state index contributed by atoms with van der Waals surface area (Å²) in [6.07, 6.45) is 5.91. The Bertz CT molecular complexity index is 648. The first-order valence-electron chi connectivity index (χ1n) is 7.75. The van der Waals surface area contributed by atoms with Gasteiger partial charge in [-0.25, -0.2) is 9.97 Å². The number of hydrogen-bond donors (Lipinski definition) is 1. The summed E-state index contributed by atoms with van der Waals surface area (Å²) in [7, 11) is 3.65. The SMILES string of the molecule is COCc1nc(C)cc(NCc2c(C3CCC3)cnn2C)n1. The number of aromatic nitrogens is 4. The van der Waals surface area contributed by atoms with Crippen LogP contribution in [0.2, 0.25) is 0 Å². The Labute approximate surface area is 130 Å². The first-order chi connectivity index (χ1) is 10.7. The Morgan fingerprint density at radius 3 is 2.86 bits per heavy atom. The topological polar surface area (TPSA) is 64.9 Å². The molecule has 0 bridgehead atoms. The molecule has 6 heteroatoms. The highest BCUT2D eigenvalue weighted by molar-refractivity contribution is 5.37. The molecule has 2 aromatic rings. The number of nitrogens with one attached hydrogen (secondary N) is 1. The zero-order valence-electron chi connectivity index (χ0n) is 13.5. The lowest BCUT2D eigenvalue weighted by Crippen LogP contribution is -2.14. The highest BCUT2D eigenvalue weighted by Gasteiger charge is 2.24. The monoisotopic (exact) mass is 301 g/mol. The van der Waals surface area contributed by atoms with Crippen LogP contribution in [0.3, 0.4) is 0 Å². The van der Waals surface area contributed by atoms with Crippen molar-refractivity contribution in [3.63, 3.8) is 0 Å². The van der Waals surface area contributed by atoms with Crippen LogP contribution in [0.1, 0.15) is 48.0 Å². The van der Waals surface area contributed by atoms with E-state index in [1.807, 2.05) is 30.9 Å². The molecule has 22 heavy (non-hydrogen) atoms. The zero-order chi connectivity index (χ0) is 15.5. The maximum absolute atomic E-state index is 5.11. The molecule has 0 radical (unpaired) electrons. The van der Waals surface area contributed by atoms with Crippen LogP contribution in [0, 0.1) is 6.92 Å². The molecule has 1 aliphatic rings. The summed E-state index contributed by atoms with van der Waals surface area (Å²) in [4.78, 5) is 8.84. The highest BCUT2D eigenvalue weighted by Crippen LogP contribution is 2.37. The summed E-state index contributed by atoms with van der Waals surface area (Å²) >= 11 is 0. The first kappa shape index (κ1) is 15.0. The van der Waals surface area contributed by atoms with Crippen LogP contribution in [0.4, 0.5) is 5.82 Å². The average Bonchev–Trinajstić information content (AvgIpc) is 2.76. The molecule has 1 N–H and O–H groups in total. The second-order valence-corrected chi connectivity index (χ2v) is 5.90. The third-order valence-corrected chi connectivity index (χ3v) is 4.25. The third kappa shape index (κ3) is 3.11. The van der Waals surface area contributed by atoms with Crippen molar-refractivity contribution in [3.8, 4) is 0 Å². The minimum atomic E-state index is 0.426. The van der Waals surface area contributed by atoms with Gasteiger partial charge in [-0.2, -0.15) is 5.10 Å². The molecule has 3 rings (SSSR count). The van der Waals surface area contributed by atoms with E-state index in [1.165, 1.54) is 30.5 Å². The van der Waals surface area contributed by atoms with E-state index in [1.54, 1.807) is 7.11 Å².